The van der Waals surface area contributed by atoms with E-state index < -0.39 is 0 Å². The molecule has 2 aliphatic rings. The predicted octanol–water partition coefficient (Wildman–Crippen LogP) is 1.40. The van der Waals surface area contributed by atoms with Crippen molar-refractivity contribution in [3.8, 4) is 0 Å². The molecule has 0 aromatic carbocycles. The van der Waals surface area contributed by atoms with E-state index in [0.29, 0.717) is 18.4 Å². The number of nitrogens with one attached hydrogen (secondary N) is 1. The molecule has 3 rings (SSSR count). The van der Waals surface area contributed by atoms with Crippen molar-refractivity contribution in [2.45, 2.75) is 0 Å². The molecular formula is C16H21N3O2. The first kappa shape index (κ1) is 14.2. The fourth-order valence-corrected chi connectivity index (χ4v) is 3.36. The predicted molar refractivity (Wildman–Crippen MR) is 80.8 cm³/mol. The van der Waals surface area contributed by atoms with E-state index in [-0.39, 0.29) is 11.8 Å². The topological polar surface area (TPSA) is 54.5 Å². The van der Waals surface area contributed by atoms with Gasteiger partial charge in [-0.1, -0.05) is 6.08 Å². The minimum Gasteiger partial charge on any atom is -0.380 e. The molecule has 21 heavy (non-hydrogen) atoms. The molecule has 0 aliphatic carbocycles. The van der Waals surface area contributed by atoms with Gasteiger partial charge in [0.2, 0.25) is 5.91 Å². The first-order valence-electron chi connectivity index (χ1n) is 7.40. The lowest BCUT2D eigenvalue weighted by molar-refractivity contribution is -0.128. The Morgan fingerprint density at radius 2 is 2.43 bits per heavy atom. The SMILES string of the molecule is C=CCN1C[C@@H]2COC[C@@H](C(=O)Nc3cccnc3)[C@@H]2C1. The highest BCUT2D eigenvalue weighted by Gasteiger charge is 2.43. The summed E-state index contributed by atoms with van der Waals surface area (Å²) in [5.74, 6) is 0.774. The molecule has 0 saturated carbocycles. The van der Waals surface area contributed by atoms with Crippen molar-refractivity contribution in [3.05, 3.63) is 37.2 Å². The highest BCUT2D eigenvalue weighted by Crippen LogP contribution is 2.34. The van der Waals surface area contributed by atoms with Crippen LogP contribution in [0.15, 0.2) is 37.2 Å². The molecular weight excluding hydrogens is 266 g/mol. The number of hydrogen-bond acceptors (Lipinski definition) is 4. The molecule has 0 spiro atoms. The van der Waals surface area contributed by atoms with Crippen LogP contribution >= 0.6 is 0 Å². The van der Waals surface area contributed by atoms with Gasteiger partial charge in [0.25, 0.3) is 0 Å². The summed E-state index contributed by atoms with van der Waals surface area (Å²) >= 11 is 0. The van der Waals surface area contributed by atoms with Gasteiger partial charge >= 0.3 is 0 Å². The van der Waals surface area contributed by atoms with Crippen molar-refractivity contribution >= 4 is 11.6 Å². The average molecular weight is 287 g/mol. The van der Waals surface area contributed by atoms with Crippen LogP contribution in [0.2, 0.25) is 0 Å². The molecule has 0 bridgehead atoms. The third-order valence-electron chi connectivity index (χ3n) is 4.37. The summed E-state index contributed by atoms with van der Waals surface area (Å²) in [6.45, 7) is 7.88. The maximum atomic E-state index is 12.5. The number of aromatic nitrogens is 1. The van der Waals surface area contributed by atoms with Crippen LogP contribution in [0, 0.1) is 17.8 Å². The molecule has 5 nitrogen and oxygen atoms in total. The number of carbonyl (C=O) groups is 1. The number of likely N-dealkylation sites (tertiary alicyclic amines) is 1. The van der Waals surface area contributed by atoms with Crippen molar-refractivity contribution in [1.29, 1.82) is 0 Å². The van der Waals surface area contributed by atoms with E-state index in [0.717, 1.165) is 31.9 Å². The Morgan fingerprint density at radius 3 is 3.19 bits per heavy atom. The summed E-state index contributed by atoms with van der Waals surface area (Å²) in [5.41, 5.74) is 0.741. The molecule has 2 fully saturated rings. The molecule has 3 heterocycles. The van der Waals surface area contributed by atoms with Crippen LogP contribution < -0.4 is 5.32 Å². The summed E-state index contributed by atoms with van der Waals surface area (Å²) in [7, 11) is 0. The largest absolute Gasteiger partial charge is 0.380 e. The number of fused-ring (bicyclic) bond motifs is 1. The fourth-order valence-electron chi connectivity index (χ4n) is 3.36. The van der Waals surface area contributed by atoms with Gasteiger partial charge in [-0.3, -0.25) is 14.7 Å². The summed E-state index contributed by atoms with van der Waals surface area (Å²) in [6, 6.07) is 3.67. The molecule has 5 heteroatoms. The van der Waals surface area contributed by atoms with E-state index in [1.165, 1.54) is 0 Å². The second kappa shape index (κ2) is 6.37. The number of carbonyl (C=O) groups excluding carboxylic acids is 1. The number of rotatable bonds is 4. The van der Waals surface area contributed by atoms with Gasteiger partial charge < -0.3 is 10.1 Å². The zero-order valence-electron chi connectivity index (χ0n) is 12.1. The Kier molecular flexibility index (Phi) is 4.31. The smallest absolute Gasteiger partial charge is 0.230 e. The lowest BCUT2D eigenvalue weighted by Crippen LogP contribution is -2.41. The van der Waals surface area contributed by atoms with Crippen molar-refractivity contribution < 1.29 is 9.53 Å². The Morgan fingerprint density at radius 1 is 1.52 bits per heavy atom. The van der Waals surface area contributed by atoms with Gasteiger partial charge in [-0.2, -0.15) is 0 Å². The van der Waals surface area contributed by atoms with Crippen molar-refractivity contribution in [2.24, 2.45) is 17.8 Å². The number of ether oxygens (including phenoxy) is 1. The van der Waals surface area contributed by atoms with E-state index in [4.69, 9.17) is 4.74 Å². The maximum absolute atomic E-state index is 12.5. The van der Waals surface area contributed by atoms with Gasteiger partial charge in [-0.05, 0) is 24.0 Å². The summed E-state index contributed by atoms with van der Waals surface area (Å²) in [4.78, 5) is 18.9. The number of anilines is 1. The van der Waals surface area contributed by atoms with Gasteiger partial charge in [0, 0.05) is 25.8 Å². The van der Waals surface area contributed by atoms with E-state index in [2.05, 4.69) is 21.8 Å². The molecule has 1 aromatic heterocycles. The highest BCUT2D eigenvalue weighted by molar-refractivity contribution is 5.92. The molecule has 2 aliphatic heterocycles. The second-order valence-electron chi connectivity index (χ2n) is 5.81. The summed E-state index contributed by atoms with van der Waals surface area (Å²) < 4.78 is 5.65. The number of amides is 1. The van der Waals surface area contributed by atoms with Crippen LogP contribution in [0.4, 0.5) is 5.69 Å². The Balaban J connectivity index is 1.66. The minimum atomic E-state index is -0.0845. The normalized spacial score (nSPS) is 28.9. The van der Waals surface area contributed by atoms with Gasteiger partial charge in [-0.25, -0.2) is 0 Å². The van der Waals surface area contributed by atoms with E-state index >= 15 is 0 Å². The molecule has 0 radical (unpaired) electrons. The van der Waals surface area contributed by atoms with Gasteiger partial charge in [-0.15, -0.1) is 6.58 Å². The van der Waals surface area contributed by atoms with Crippen LogP contribution in [0.3, 0.4) is 0 Å². The molecule has 2 saturated heterocycles. The highest BCUT2D eigenvalue weighted by atomic mass is 16.5. The number of nitrogens with zero attached hydrogens (tertiary/aromatic N) is 2. The second-order valence-corrected chi connectivity index (χ2v) is 5.81. The lowest BCUT2D eigenvalue weighted by Gasteiger charge is -2.32. The standard InChI is InChI=1S/C16H21N3O2/c1-2-6-19-8-12-10-21-11-15(14(12)9-19)16(20)18-13-4-3-5-17-7-13/h2-5,7,12,14-15H,1,6,8-11H2,(H,18,20)/t12-,14-,15-/m1/s1. The summed E-state index contributed by atoms with van der Waals surface area (Å²) in [6.07, 6.45) is 5.28. The molecule has 1 aromatic rings. The zero-order chi connectivity index (χ0) is 14.7. The van der Waals surface area contributed by atoms with Crippen LogP contribution in [-0.4, -0.2) is 48.6 Å². The third-order valence-corrected chi connectivity index (χ3v) is 4.37. The molecule has 112 valence electrons. The van der Waals surface area contributed by atoms with Crippen LogP contribution in [0.25, 0.3) is 0 Å². The summed E-state index contributed by atoms with van der Waals surface area (Å²) in [5, 5.41) is 2.95. The average Bonchev–Trinajstić information content (AvgIpc) is 2.91. The maximum Gasteiger partial charge on any atom is 0.230 e. The van der Waals surface area contributed by atoms with Gasteiger partial charge in [0.1, 0.15) is 0 Å². The van der Waals surface area contributed by atoms with Crippen LogP contribution in [0.5, 0.6) is 0 Å². The lowest BCUT2D eigenvalue weighted by atomic mass is 9.82. The Bertz CT molecular complexity index is 506. The first-order valence-corrected chi connectivity index (χ1v) is 7.40. The Hall–Kier alpha value is -1.72. The van der Waals surface area contributed by atoms with E-state index in [1.54, 1.807) is 12.4 Å². The molecule has 0 unspecified atom stereocenters. The third kappa shape index (κ3) is 3.14. The number of hydrogen-bond donors (Lipinski definition) is 1. The van der Waals surface area contributed by atoms with Gasteiger partial charge in [0.15, 0.2) is 0 Å². The van der Waals surface area contributed by atoms with E-state index in [1.807, 2.05) is 18.2 Å². The van der Waals surface area contributed by atoms with Crippen molar-refractivity contribution in [1.82, 2.24) is 9.88 Å². The quantitative estimate of drug-likeness (QED) is 0.851. The van der Waals surface area contributed by atoms with Gasteiger partial charge in [0.05, 0.1) is 31.0 Å². The van der Waals surface area contributed by atoms with Crippen molar-refractivity contribution in [2.75, 3.05) is 38.2 Å². The molecule has 3 atom stereocenters. The van der Waals surface area contributed by atoms with Crippen LogP contribution in [0.1, 0.15) is 0 Å². The minimum absolute atomic E-state index is 0.0400. The first-order chi connectivity index (χ1) is 10.3. The zero-order valence-corrected chi connectivity index (χ0v) is 12.1. The number of pyridine rings is 1. The fraction of sp³-hybridized carbons (Fsp3) is 0.500. The van der Waals surface area contributed by atoms with Crippen LogP contribution in [-0.2, 0) is 9.53 Å². The molecule has 1 amide bonds. The van der Waals surface area contributed by atoms with E-state index in [9.17, 15) is 4.79 Å². The Labute approximate surface area is 125 Å². The molecule has 1 N–H and O–H groups in total. The van der Waals surface area contributed by atoms with Crippen molar-refractivity contribution in [3.63, 3.8) is 0 Å². The monoisotopic (exact) mass is 287 g/mol.